The van der Waals surface area contributed by atoms with Crippen LogP contribution in [0.1, 0.15) is 35.3 Å². The molecule has 1 aliphatic heterocycles. The Labute approximate surface area is 130 Å². The van der Waals surface area contributed by atoms with Crippen molar-refractivity contribution < 1.29 is 4.74 Å². The van der Waals surface area contributed by atoms with Crippen LogP contribution in [-0.4, -0.2) is 12.9 Å². The van der Waals surface area contributed by atoms with E-state index in [1.54, 1.807) is 11.8 Å². The van der Waals surface area contributed by atoms with E-state index in [1.165, 1.54) is 21.6 Å². The van der Waals surface area contributed by atoms with Crippen LogP contribution >= 0.6 is 11.8 Å². The van der Waals surface area contributed by atoms with E-state index in [0.29, 0.717) is 0 Å². The molecular weight excluding hydrogens is 278 g/mol. The molecule has 3 heteroatoms. The summed E-state index contributed by atoms with van der Waals surface area (Å²) >= 11 is 1.75. The first kappa shape index (κ1) is 14.6. The summed E-state index contributed by atoms with van der Waals surface area (Å²) in [6, 6.07) is 17.0. The van der Waals surface area contributed by atoms with Gasteiger partial charge in [-0.25, -0.2) is 0 Å². The van der Waals surface area contributed by atoms with Gasteiger partial charge >= 0.3 is 0 Å². The third kappa shape index (κ3) is 3.15. The van der Waals surface area contributed by atoms with Crippen LogP contribution < -0.4 is 5.73 Å². The van der Waals surface area contributed by atoms with Crippen LogP contribution in [0.3, 0.4) is 0 Å². The van der Waals surface area contributed by atoms with Gasteiger partial charge in [-0.05, 0) is 41.9 Å². The molecule has 1 aliphatic rings. The second kappa shape index (κ2) is 6.65. The average molecular weight is 299 g/mol. The zero-order chi connectivity index (χ0) is 14.7. The van der Waals surface area contributed by atoms with Crippen LogP contribution in [0, 0.1) is 0 Å². The Morgan fingerprint density at radius 2 is 1.95 bits per heavy atom. The lowest BCUT2D eigenvalue weighted by atomic mass is 9.92. The summed E-state index contributed by atoms with van der Waals surface area (Å²) < 4.78 is 5.98. The third-order valence-corrected chi connectivity index (χ3v) is 4.91. The molecule has 0 fully saturated rings. The molecule has 0 spiro atoms. The number of nitrogens with two attached hydrogens (primary N) is 1. The van der Waals surface area contributed by atoms with Crippen molar-refractivity contribution >= 4 is 11.8 Å². The van der Waals surface area contributed by atoms with Gasteiger partial charge in [0.25, 0.3) is 0 Å². The van der Waals surface area contributed by atoms with Gasteiger partial charge in [-0.2, -0.15) is 0 Å². The molecule has 21 heavy (non-hydrogen) atoms. The number of fused-ring (bicyclic) bond motifs is 1. The van der Waals surface area contributed by atoms with Crippen LogP contribution in [0.5, 0.6) is 0 Å². The van der Waals surface area contributed by atoms with Crippen LogP contribution in [0.15, 0.2) is 53.4 Å². The van der Waals surface area contributed by atoms with E-state index in [2.05, 4.69) is 54.8 Å². The lowest BCUT2D eigenvalue weighted by Crippen LogP contribution is -2.22. The van der Waals surface area contributed by atoms with Gasteiger partial charge in [-0.15, -0.1) is 11.8 Å². The van der Waals surface area contributed by atoms with E-state index < -0.39 is 0 Å². The fourth-order valence-corrected chi connectivity index (χ4v) is 3.67. The molecule has 0 saturated carbocycles. The van der Waals surface area contributed by atoms with Gasteiger partial charge < -0.3 is 10.5 Å². The minimum absolute atomic E-state index is 0.00445. The van der Waals surface area contributed by atoms with Crippen molar-refractivity contribution in [2.75, 3.05) is 12.9 Å². The fourth-order valence-electron chi connectivity index (χ4n) is 3.00. The van der Waals surface area contributed by atoms with E-state index in [4.69, 9.17) is 10.5 Å². The monoisotopic (exact) mass is 299 g/mol. The highest BCUT2D eigenvalue weighted by atomic mass is 32.2. The van der Waals surface area contributed by atoms with Gasteiger partial charge in [0, 0.05) is 10.9 Å². The maximum Gasteiger partial charge on any atom is 0.0845 e. The number of rotatable bonds is 4. The molecular formula is C18H21NOS. The van der Waals surface area contributed by atoms with Gasteiger partial charge in [0.05, 0.1) is 12.7 Å². The summed E-state index contributed by atoms with van der Waals surface area (Å²) in [5, 5.41) is 0. The predicted molar refractivity (Wildman–Crippen MR) is 88.6 cm³/mol. The lowest BCUT2D eigenvalue weighted by molar-refractivity contribution is 0.0318. The number of benzene rings is 2. The van der Waals surface area contributed by atoms with Gasteiger partial charge in [0.2, 0.25) is 0 Å². The molecule has 2 unspecified atom stereocenters. The summed E-state index contributed by atoms with van der Waals surface area (Å²) in [5.41, 5.74) is 10.4. The number of hydrogen-bond acceptors (Lipinski definition) is 3. The molecule has 2 N–H and O–H groups in total. The average Bonchev–Trinajstić information content (AvgIpc) is 2.55. The Morgan fingerprint density at radius 3 is 2.81 bits per heavy atom. The van der Waals surface area contributed by atoms with Crippen molar-refractivity contribution in [2.24, 2.45) is 5.73 Å². The third-order valence-electron chi connectivity index (χ3n) is 4.10. The highest BCUT2D eigenvalue weighted by molar-refractivity contribution is 7.98. The largest absolute Gasteiger partial charge is 0.373 e. The first-order chi connectivity index (χ1) is 10.3. The van der Waals surface area contributed by atoms with Crippen LogP contribution in [0.2, 0.25) is 0 Å². The summed E-state index contributed by atoms with van der Waals surface area (Å²) in [5.74, 6) is 0. The summed E-state index contributed by atoms with van der Waals surface area (Å²) in [6.45, 7) is 0.790. The molecule has 3 rings (SSSR count). The molecule has 0 aromatic heterocycles. The normalized spacial score (nSPS) is 19.0. The number of ether oxygens (including phenoxy) is 1. The van der Waals surface area contributed by atoms with Gasteiger partial charge in [0.1, 0.15) is 0 Å². The Bertz CT molecular complexity index is 614. The summed E-state index contributed by atoms with van der Waals surface area (Å²) in [6.07, 6.45) is 4.04. The number of hydrogen-bond donors (Lipinski definition) is 1. The number of thioether (sulfide) groups is 1. The molecule has 0 aliphatic carbocycles. The van der Waals surface area contributed by atoms with Crippen molar-refractivity contribution in [1.29, 1.82) is 0 Å². The molecule has 1 heterocycles. The van der Waals surface area contributed by atoms with E-state index in [-0.39, 0.29) is 12.1 Å². The first-order valence-electron chi connectivity index (χ1n) is 7.37. The van der Waals surface area contributed by atoms with E-state index in [0.717, 1.165) is 19.4 Å². The van der Waals surface area contributed by atoms with E-state index >= 15 is 0 Å². The predicted octanol–water partition coefficient (Wildman–Crippen LogP) is 4.11. The van der Waals surface area contributed by atoms with Crippen molar-refractivity contribution in [1.82, 2.24) is 0 Å². The molecule has 0 bridgehead atoms. The minimum atomic E-state index is 0.00445. The first-order valence-corrected chi connectivity index (χ1v) is 8.60. The van der Waals surface area contributed by atoms with Gasteiger partial charge in [0.15, 0.2) is 0 Å². The molecule has 0 radical (unpaired) electrons. The van der Waals surface area contributed by atoms with Gasteiger partial charge in [-0.1, -0.05) is 42.5 Å². The topological polar surface area (TPSA) is 35.2 Å². The van der Waals surface area contributed by atoms with E-state index in [1.807, 2.05) is 0 Å². The summed E-state index contributed by atoms with van der Waals surface area (Å²) in [4.78, 5) is 1.26. The lowest BCUT2D eigenvalue weighted by Gasteiger charge is -2.28. The molecule has 2 aromatic carbocycles. The molecule has 0 amide bonds. The Morgan fingerprint density at radius 1 is 1.19 bits per heavy atom. The smallest absolute Gasteiger partial charge is 0.0845 e. The maximum absolute atomic E-state index is 6.47. The molecule has 2 aromatic rings. The summed E-state index contributed by atoms with van der Waals surface area (Å²) in [7, 11) is 0. The zero-order valence-electron chi connectivity index (χ0n) is 12.3. The van der Waals surface area contributed by atoms with Crippen molar-refractivity contribution in [3.05, 3.63) is 65.2 Å². The minimum Gasteiger partial charge on any atom is -0.373 e. The van der Waals surface area contributed by atoms with Crippen molar-refractivity contribution in [2.45, 2.75) is 29.9 Å². The molecule has 110 valence electrons. The zero-order valence-corrected chi connectivity index (χ0v) is 13.1. The standard InChI is InChI=1S/C18H21NOS/c1-21-18-9-5-4-8-15(18)16(19)12-17-14-7-3-2-6-13(14)10-11-20-17/h2-9,16-17H,10-12,19H2,1H3. The highest BCUT2D eigenvalue weighted by Gasteiger charge is 2.24. The second-order valence-electron chi connectivity index (χ2n) is 5.39. The quantitative estimate of drug-likeness (QED) is 0.863. The van der Waals surface area contributed by atoms with Crippen LogP contribution in [-0.2, 0) is 11.2 Å². The SMILES string of the molecule is CSc1ccccc1C(N)CC1OCCc2ccccc21. The second-order valence-corrected chi connectivity index (χ2v) is 6.24. The van der Waals surface area contributed by atoms with Gasteiger partial charge in [-0.3, -0.25) is 0 Å². The van der Waals surface area contributed by atoms with Crippen LogP contribution in [0.4, 0.5) is 0 Å². The Hall–Kier alpha value is -1.29. The van der Waals surface area contributed by atoms with Crippen molar-refractivity contribution in [3.8, 4) is 0 Å². The van der Waals surface area contributed by atoms with Crippen molar-refractivity contribution in [3.63, 3.8) is 0 Å². The Balaban J connectivity index is 1.81. The molecule has 2 atom stereocenters. The fraction of sp³-hybridized carbons (Fsp3) is 0.333. The van der Waals surface area contributed by atoms with E-state index in [9.17, 15) is 0 Å². The molecule has 0 saturated heterocycles. The maximum atomic E-state index is 6.47. The highest BCUT2D eigenvalue weighted by Crippen LogP contribution is 2.35. The Kier molecular flexibility index (Phi) is 4.63. The molecule has 2 nitrogen and oxygen atoms in total. The van der Waals surface area contributed by atoms with Crippen LogP contribution in [0.25, 0.3) is 0 Å².